The minimum absolute atomic E-state index is 0.0326. The van der Waals surface area contributed by atoms with Crippen LogP contribution in [-0.4, -0.2) is 43.4 Å². The zero-order chi connectivity index (χ0) is 24.2. The summed E-state index contributed by atoms with van der Waals surface area (Å²) in [6.07, 6.45) is 0. The van der Waals surface area contributed by atoms with Gasteiger partial charge in [-0.25, -0.2) is 0 Å². The van der Waals surface area contributed by atoms with E-state index in [2.05, 4.69) is 5.32 Å². The lowest BCUT2D eigenvalue weighted by Gasteiger charge is -2.17. The lowest BCUT2D eigenvalue weighted by atomic mass is 10.1. The van der Waals surface area contributed by atoms with Crippen molar-refractivity contribution >= 4 is 23.4 Å². The monoisotopic (exact) mass is 460 g/mol. The maximum absolute atomic E-state index is 13.2. The zero-order valence-electron chi connectivity index (χ0n) is 19.1. The quantitative estimate of drug-likeness (QED) is 0.508. The number of carbonyl (C=O) groups is 3. The summed E-state index contributed by atoms with van der Waals surface area (Å²) in [6, 6.07) is 16.8. The summed E-state index contributed by atoms with van der Waals surface area (Å²) < 4.78 is 16.2. The summed E-state index contributed by atoms with van der Waals surface area (Å²) in [7, 11) is 3.04. The number of hydrogen-bond donors (Lipinski definition) is 1. The van der Waals surface area contributed by atoms with E-state index in [1.54, 1.807) is 67.8 Å². The first kappa shape index (κ1) is 22.8. The van der Waals surface area contributed by atoms with Crippen molar-refractivity contribution in [2.75, 3.05) is 26.1 Å². The average Bonchev–Trinajstić information content (AvgIpc) is 3.10. The molecule has 8 heteroatoms. The second kappa shape index (κ2) is 9.66. The third-order valence-corrected chi connectivity index (χ3v) is 5.46. The van der Waals surface area contributed by atoms with Crippen LogP contribution in [0.25, 0.3) is 0 Å². The maximum Gasteiger partial charge on any atom is 0.261 e. The van der Waals surface area contributed by atoms with Gasteiger partial charge in [-0.15, -0.1) is 0 Å². The molecule has 1 heterocycles. The fourth-order valence-electron chi connectivity index (χ4n) is 3.79. The molecule has 34 heavy (non-hydrogen) atoms. The number of fused-ring (bicyclic) bond motifs is 1. The molecule has 174 valence electrons. The van der Waals surface area contributed by atoms with Gasteiger partial charge in [-0.05, 0) is 48.9 Å². The Labute approximate surface area is 197 Å². The Hall–Kier alpha value is -4.33. The van der Waals surface area contributed by atoms with Crippen molar-refractivity contribution in [3.05, 3.63) is 82.9 Å². The summed E-state index contributed by atoms with van der Waals surface area (Å²) >= 11 is 0. The highest BCUT2D eigenvalue weighted by Gasteiger charge is 2.35. The van der Waals surface area contributed by atoms with E-state index >= 15 is 0 Å². The number of anilines is 1. The second-order valence-electron chi connectivity index (χ2n) is 7.53. The van der Waals surface area contributed by atoms with Crippen molar-refractivity contribution in [3.8, 4) is 17.2 Å². The Morgan fingerprint density at radius 3 is 2.21 bits per heavy atom. The number of amides is 3. The van der Waals surface area contributed by atoms with Gasteiger partial charge in [-0.3, -0.25) is 19.3 Å². The second-order valence-corrected chi connectivity index (χ2v) is 7.53. The van der Waals surface area contributed by atoms with Crippen molar-refractivity contribution in [3.63, 3.8) is 0 Å². The van der Waals surface area contributed by atoms with E-state index in [1.807, 2.05) is 6.92 Å². The molecule has 0 spiro atoms. The van der Waals surface area contributed by atoms with Gasteiger partial charge in [-0.2, -0.15) is 0 Å². The first-order valence-electron chi connectivity index (χ1n) is 10.7. The number of methoxy groups -OCH3 is 2. The predicted octanol–water partition coefficient (Wildman–Crippen LogP) is 4.15. The number of nitrogens with one attached hydrogen (secondary N) is 1. The van der Waals surface area contributed by atoms with Gasteiger partial charge in [0.15, 0.2) is 0 Å². The first-order valence-corrected chi connectivity index (χ1v) is 10.7. The molecule has 1 aliphatic heterocycles. The molecule has 0 bridgehead atoms. The summed E-state index contributed by atoms with van der Waals surface area (Å²) in [5, 5.41) is 2.83. The van der Waals surface area contributed by atoms with Crippen LogP contribution in [0.15, 0.2) is 60.7 Å². The lowest BCUT2D eigenvalue weighted by molar-refractivity contribution is 0.0642. The topological polar surface area (TPSA) is 94.2 Å². The third-order valence-electron chi connectivity index (χ3n) is 5.46. The fraction of sp³-hybridized carbons (Fsp3) is 0.192. The number of hydrogen-bond acceptors (Lipinski definition) is 6. The Bertz CT molecular complexity index is 1230. The highest BCUT2D eigenvalue weighted by atomic mass is 16.5. The van der Waals surface area contributed by atoms with Gasteiger partial charge in [0.05, 0.1) is 49.7 Å². The molecule has 1 N–H and O–H groups in total. The molecule has 0 radical (unpaired) electrons. The molecule has 3 aromatic carbocycles. The lowest BCUT2D eigenvalue weighted by Crippen LogP contribution is -2.29. The summed E-state index contributed by atoms with van der Waals surface area (Å²) in [5.74, 6) is 0.280. The van der Waals surface area contributed by atoms with E-state index in [9.17, 15) is 14.4 Å². The Morgan fingerprint density at radius 2 is 1.59 bits per heavy atom. The highest BCUT2D eigenvalue weighted by Crippen LogP contribution is 2.31. The SMILES string of the molecule is CCOc1ccc(CN2C(=O)c3ccccc3C2=O)cc1C(=O)Nc1ccc(OC)cc1OC. The Morgan fingerprint density at radius 1 is 0.882 bits per heavy atom. The predicted molar refractivity (Wildman–Crippen MR) is 126 cm³/mol. The van der Waals surface area contributed by atoms with Crippen LogP contribution in [0, 0.1) is 0 Å². The van der Waals surface area contributed by atoms with E-state index in [0.29, 0.717) is 46.2 Å². The standard InChI is InChI=1S/C26H24N2O6/c1-4-34-22-12-9-16(15-28-25(30)18-7-5-6-8-19(18)26(28)31)13-20(22)24(29)27-21-11-10-17(32-2)14-23(21)33-3/h5-14H,4,15H2,1-3H3,(H,27,29). The summed E-state index contributed by atoms with van der Waals surface area (Å²) in [4.78, 5) is 39.9. The normalized spacial score (nSPS) is 12.4. The molecule has 0 aliphatic carbocycles. The van der Waals surface area contributed by atoms with Gasteiger partial charge >= 0.3 is 0 Å². The number of carbonyl (C=O) groups excluding carboxylic acids is 3. The van der Waals surface area contributed by atoms with Crippen molar-refractivity contribution in [1.82, 2.24) is 4.90 Å². The largest absolute Gasteiger partial charge is 0.497 e. The van der Waals surface area contributed by atoms with Crippen LogP contribution in [-0.2, 0) is 6.54 Å². The van der Waals surface area contributed by atoms with Gasteiger partial charge in [0.2, 0.25) is 0 Å². The number of imide groups is 1. The van der Waals surface area contributed by atoms with E-state index in [-0.39, 0.29) is 23.9 Å². The Kier molecular flexibility index (Phi) is 6.49. The number of nitrogens with zero attached hydrogens (tertiary/aromatic N) is 1. The van der Waals surface area contributed by atoms with Gasteiger partial charge in [-0.1, -0.05) is 18.2 Å². The highest BCUT2D eigenvalue weighted by molar-refractivity contribution is 6.21. The third kappa shape index (κ3) is 4.30. The molecule has 8 nitrogen and oxygen atoms in total. The van der Waals surface area contributed by atoms with Crippen molar-refractivity contribution in [2.45, 2.75) is 13.5 Å². The van der Waals surface area contributed by atoms with Crippen molar-refractivity contribution in [2.24, 2.45) is 0 Å². The average molecular weight is 460 g/mol. The molecule has 0 aromatic heterocycles. The minimum Gasteiger partial charge on any atom is -0.497 e. The molecule has 0 fully saturated rings. The molecule has 3 amide bonds. The van der Waals surface area contributed by atoms with E-state index in [1.165, 1.54) is 12.0 Å². The molecular weight excluding hydrogens is 436 g/mol. The molecule has 0 atom stereocenters. The number of rotatable bonds is 8. The maximum atomic E-state index is 13.2. The van der Waals surface area contributed by atoms with Crippen LogP contribution in [0.3, 0.4) is 0 Å². The van der Waals surface area contributed by atoms with Crippen LogP contribution in [0.2, 0.25) is 0 Å². The molecular formula is C26H24N2O6. The van der Waals surface area contributed by atoms with E-state index < -0.39 is 5.91 Å². The van der Waals surface area contributed by atoms with Crippen molar-refractivity contribution in [1.29, 1.82) is 0 Å². The van der Waals surface area contributed by atoms with Gasteiger partial charge in [0, 0.05) is 6.07 Å². The molecule has 0 saturated heterocycles. The molecule has 0 saturated carbocycles. The van der Waals surface area contributed by atoms with Crippen LogP contribution in [0.4, 0.5) is 5.69 Å². The molecule has 3 aromatic rings. The summed E-state index contributed by atoms with van der Waals surface area (Å²) in [5.41, 5.74) is 2.10. The Balaban J connectivity index is 1.61. The number of benzene rings is 3. The van der Waals surface area contributed by atoms with Gasteiger partial charge in [0.25, 0.3) is 17.7 Å². The number of ether oxygens (including phenoxy) is 3. The summed E-state index contributed by atoms with van der Waals surface area (Å²) in [6.45, 7) is 2.22. The molecule has 1 aliphatic rings. The van der Waals surface area contributed by atoms with Crippen LogP contribution in [0.1, 0.15) is 43.6 Å². The van der Waals surface area contributed by atoms with Crippen LogP contribution < -0.4 is 19.5 Å². The van der Waals surface area contributed by atoms with Gasteiger partial charge < -0.3 is 19.5 Å². The van der Waals surface area contributed by atoms with E-state index in [0.717, 1.165) is 0 Å². The smallest absolute Gasteiger partial charge is 0.261 e. The van der Waals surface area contributed by atoms with Crippen molar-refractivity contribution < 1.29 is 28.6 Å². The van der Waals surface area contributed by atoms with Gasteiger partial charge in [0.1, 0.15) is 17.2 Å². The molecule has 4 rings (SSSR count). The minimum atomic E-state index is -0.420. The van der Waals surface area contributed by atoms with E-state index in [4.69, 9.17) is 14.2 Å². The van der Waals surface area contributed by atoms with Crippen LogP contribution >= 0.6 is 0 Å². The zero-order valence-corrected chi connectivity index (χ0v) is 19.1. The molecule has 0 unspecified atom stereocenters. The fourth-order valence-corrected chi connectivity index (χ4v) is 3.79. The van der Waals surface area contributed by atoms with Crippen LogP contribution in [0.5, 0.6) is 17.2 Å². The first-order chi connectivity index (χ1) is 16.5.